The standard InChI is InChI=1S/C17H22N2/c1-12(2)19-9-5-8-17(19)15-7-4-3-6-14(15)16-10-13(16)11-18/h3-4,6-7,12-13,16-17H,5,8-10H2,1-2H3. The van der Waals surface area contributed by atoms with Crippen LogP contribution in [0.15, 0.2) is 24.3 Å². The van der Waals surface area contributed by atoms with Gasteiger partial charge >= 0.3 is 0 Å². The molecule has 1 aromatic carbocycles. The molecule has 1 saturated carbocycles. The Kier molecular flexibility index (Phi) is 3.33. The molecular weight excluding hydrogens is 232 g/mol. The molecule has 2 heteroatoms. The number of rotatable bonds is 3. The summed E-state index contributed by atoms with van der Waals surface area (Å²) < 4.78 is 0. The van der Waals surface area contributed by atoms with Crippen LogP contribution in [0.2, 0.25) is 0 Å². The fourth-order valence-electron chi connectivity index (χ4n) is 3.57. The van der Waals surface area contributed by atoms with Crippen LogP contribution in [0.1, 0.15) is 56.2 Å². The molecule has 1 aromatic rings. The predicted octanol–water partition coefficient (Wildman–Crippen LogP) is 3.86. The monoisotopic (exact) mass is 254 g/mol. The fourth-order valence-corrected chi connectivity index (χ4v) is 3.57. The number of hydrogen-bond donors (Lipinski definition) is 0. The lowest BCUT2D eigenvalue weighted by Crippen LogP contribution is -2.30. The van der Waals surface area contributed by atoms with Gasteiger partial charge in [-0.3, -0.25) is 4.90 Å². The Morgan fingerprint density at radius 3 is 2.63 bits per heavy atom. The maximum Gasteiger partial charge on any atom is 0.0662 e. The minimum atomic E-state index is 0.259. The van der Waals surface area contributed by atoms with Gasteiger partial charge < -0.3 is 0 Å². The second-order valence-electron chi connectivity index (χ2n) is 6.20. The maximum absolute atomic E-state index is 9.07. The number of nitriles is 1. The van der Waals surface area contributed by atoms with Crippen molar-refractivity contribution in [1.29, 1.82) is 5.26 Å². The SMILES string of the molecule is CC(C)N1CCCC1c1ccccc1C1CC1C#N. The zero-order chi connectivity index (χ0) is 13.4. The van der Waals surface area contributed by atoms with E-state index in [0.717, 1.165) is 6.42 Å². The summed E-state index contributed by atoms with van der Waals surface area (Å²) in [5, 5.41) is 9.07. The van der Waals surface area contributed by atoms with Crippen LogP contribution in [0.3, 0.4) is 0 Å². The molecule has 2 nitrogen and oxygen atoms in total. The van der Waals surface area contributed by atoms with Crippen molar-refractivity contribution in [3.8, 4) is 6.07 Å². The third kappa shape index (κ3) is 2.28. The molecular formula is C17H22N2. The Hall–Kier alpha value is -1.33. The number of nitrogens with zero attached hydrogens (tertiary/aromatic N) is 2. The van der Waals surface area contributed by atoms with Gasteiger partial charge in [0.05, 0.1) is 12.0 Å². The van der Waals surface area contributed by atoms with Gasteiger partial charge in [0.1, 0.15) is 0 Å². The molecule has 0 aromatic heterocycles. The van der Waals surface area contributed by atoms with Gasteiger partial charge in [0.25, 0.3) is 0 Å². The molecule has 100 valence electrons. The number of likely N-dealkylation sites (tertiary alicyclic amines) is 1. The van der Waals surface area contributed by atoms with Gasteiger partial charge in [0.15, 0.2) is 0 Å². The lowest BCUT2D eigenvalue weighted by molar-refractivity contribution is 0.205. The average molecular weight is 254 g/mol. The molecule has 0 bridgehead atoms. The zero-order valence-electron chi connectivity index (χ0n) is 11.8. The van der Waals surface area contributed by atoms with Gasteiger partial charge in [-0.1, -0.05) is 24.3 Å². The summed E-state index contributed by atoms with van der Waals surface area (Å²) in [4.78, 5) is 2.61. The van der Waals surface area contributed by atoms with Crippen LogP contribution in [0.4, 0.5) is 0 Å². The third-order valence-electron chi connectivity index (χ3n) is 4.67. The Bertz CT molecular complexity index is 500. The van der Waals surface area contributed by atoms with E-state index in [1.54, 1.807) is 0 Å². The van der Waals surface area contributed by atoms with Crippen molar-refractivity contribution in [3.63, 3.8) is 0 Å². The molecule has 3 rings (SSSR count). The van der Waals surface area contributed by atoms with E-state index in [2.05, 4.69) is 49.1 Å². The average Bonchev–Trinajstić information content (AvgIpc) is 3.04. The first-order chi connectivity index (χ1) is 9.22. The van der Waals surface area contributed by atoms with Crippen LogP contribution in [-0.2, 0) is 0 Å². The van der Waals surface area contributed by atoms with Gasteiger partial charge in [-0.25, -0.2) is 0 Å². The summed E-state index contributed by atoms with van der Waals surface area (Å²) in [6, 6.07) is 12.4. The topological polar surface area (TPSA) is 27.0 Å². The first-order valence-corrected chi connectivity index (χ1v) is 7.46. The molecule has 1 saturated heterocycles. The second-order valence-corrected chi connectivity index (χ2v) is 6.20. The van der Waals surface area contributed by atoms with Gasteiger partial charge in [0, 0.05) is 18.0 Å². The van der Waals surface area contributed by atoms with Crippen molar-refractivity contribution in [1.82, 2.24) is 4.90 Å². The van der Waals surface area contributed by atoms with E-state index in [1.165, 1.54) is 30.5 Å². The summed E-state index contributed by atoms with van der Waals surface area (Å²) in [7, 11) is 0. The fraction of sp³-hybridized carbons (Fsp3) is 0.588. The van der Waals surface area contributed by atoms with Gasteiger partial charge in [-0.15, -0.1) is 0 Å². The molecule has 0 spiro atoms. The summed E-state index contributed by atoms with van der Waals surface area (Å²) in [6.07, 6.45) is 3.62. The van der Waals surface area contributed by atoms with Crippen LogP contribution in [0.5, 0.6) is 0 Å². The highest BCUT2D eigenvalue weighted by Gasteiger charge is 2.41. The van der Waals surface area contributed by atoms with Crippen molar-refractivity contribution in [2.75, 3.05) is 6.54 Å². The Balaban J connectivity index is 1.91. The van der Waals surface area contributed by atoms with E-state index in [0.29, 0.717) is 18.0 Å². The van der Waals surface area contributed by atoms with Crippen LogP contribution in [-0.4, -0.2) is 17.5 Å². The molecule has 1 aliphatic carbocycles. The lowest BCUT2D eigenvalue weighted by atomic mass is 9.94. The first-order valence-electron chi connectivity index (χ1n) is 7.46. The van der Waals surface area contributed by atoms with Crippen molar-refractivity contribution < 1.29 is 0 Å². The molecule has 2 fully saturated rings. The highest BCUT2D eigenvalue weighted by Crippen LogP contribution is 2.50. The van der Waals surface area contributed by atoms with Gasteiger partial charge in [-0.2, -0.15) is 5.26 Å². The van der Waals surface area contributed by atoms with E-state index in [4.69, 9.17) is 5.26 Å². The van der Waals surface area contributed by atoms with Crippen LogP contribution >= 0.6 is 0 Å². The quantitative estimate of drug-likeness (QED) is 0.819. The highest BCUT2D eigenvalue weighted by atomic mass is 15.2. The molecule has 19 heavy (non-hydrogen) atoms. The first kappa shape index (κ1) is 12.7. The van der Waals surface area contributed by atoms with E-state index >= 15 is 0 Å². The molecule has 3 unspecified atom stereocenters. The van der Waals surface area contributed by atoms with Gasteiger partial charge in [0.2, 0.25) is 0 Å². The normalized spacial score (nSPS) is 30.5. The van der Waals surface area contributed by atoms with Crippen molar-refractivity contribution >= 4 is 0 Å². The minimum absolute atomic E-state index is 0.259. The van der Waals surface area contributed by atoms with E-state index in [1.807, 2.05) is 0 Å². The second kappa shape index (κ2) is 4.98. The summed E-state index contributed by atoms with van der Waals surface area (Å²) in [5.41, 5.74) is 2.92. The number of hydrogen-bond acceptors (Lipinski definition) is 2. The van der Waals surface area contributed by atoms with E-state index in [-0.39, 0.29) is 5.92 Å². The Labute approximate surface area is 116 Å². The summed E-state index contributed by atoms with van der Waals surface area (Å²) >= 11 is 0. The van der Waals surface area contributed by atoms with Crippen molar-refractivity contribution in [3.05, 3.63) is 35.4 Å². The van der Waals surface area contributed by atoms with Crippen molar-refractivity contribution in [2.24, 2.45) is 5.92 Å². The molecule has 0 N–H and O–H groups in total. The molecule has 3 atom stereocenters. The summed E-state index contributed by atoms with van der Waals surface area (Å²) in [5.74, 6) is 0.755. The molecule has 0 radical (unpaired) electrons. The van der Waals surface area contributed by atoms with E-state index in [9.17, 15) is 0 Å². The lowest BCUT2D eigenvalue weighted by Gasteiger charge is -2.30. The molecule has 1 heterocycles. The molecule has 0 amide bonds. The zero-order valence-corrected chi connectivity index (χ0v) is 11.8. The van der Waals surface area contributed by atoms with Crippen LogP contribution in [0, 0.1) is 17.2 Å². The Morgan fingerprint density at radius 2 is 2.00 bits per heavy atom. The smallest absolute Gasteiger partial charge is 0.0662 e. The van der Waals surface area contributed by atoms with Crippen molar-refractivity contribution in [2.45, 2.75) is 51.1 Å². The third-order valence-corrected chi connectivity index (χ3v) is 4.67. The van der Waals surface area contributed by atoms with Crippen LogP contribution in [0.25, 0.3) is 0 Å². The summed E-state index contributed by atoms with van der Waals surface area (Å²) in [6.45, 7) is 5.79. The highest BCUT2D eigenvalue weighted by molar-refractivity contribution is 5.38. The molecule has 2 aliphatic rings. The Morgan fingerprint density at radius 1 is 1.26 bits per heavy atom. The van der Waals surface area contributed by atoms with Gasteiger partial charge in [-0.05, 0) is 50.8 Å². The maximum atomic E-state index is 9.07. The molecule has 1 aliphatic heterocycles. The number of benzene rings is 1. The van der Waals surface area contributed by atoms with Crippen LogP contribution < -0.4 is 0 Å². The minimum Gasteiger partial charge on any atom is -0.294 e. The largest absolute Gasteiger partial charge is 0.294 e. The predicted molar refractivity (Wildman–Crippen MR) is 76.7 cm³/mol. The van der Waals surface area contributed by atoms with E-state index < -0.39 is 0 Å².